The third-order valence-corrected chi connectivity index (χ3v) is 12.0. The Morgan fingerprint density at radius 2 is 0.702 bits per heavy atom. The van der Waals surface area contributed by atoms with Gasteiger partial charge in [0.25, 0.3) is 0 Å². The summed E-state index contributed by atoms with van der Waals surface area (Å²) in [7, 11) is 0. The van der Waals surface area contributed by atoms with Gasteiger partial charge in [-0.05, 0) is 64.2 Å². The molecule has 0 saturated heterocycles. The molecule has 57 heavy (non-hydrogen) atoms. The Morgan fingerprint density at radius 1 is 0.421 bits per heavy atom. The molecule has 0 fully saturated rings. The molecular formula is C52H101NO4. The van der Waals surface area contributed by atoms with Crippen molar-refractivity contribution in [3.05, 3.63) is 24.3 Å². The molecule has 0 spiro atoms. The maximum absolute atomic E-state index is 12.4. The highest BCUT2D eigenvalue weighted by molar-refractivity contribution is 5.76. The Hall–Kier alpha value is -1.17. The summed E-state index contributed by atoms with van der Waals surface area (Å²) in [5.74, 6) is -0.152. The Kier molecular flexibility index (Phi) is 46.5. The molecule has 3 atom stereocenters. The van der Waals surface area contributed by atoms with E-state index in [1.54, 1.807) is 0 Å². The summed E-state index contributed by atoms with van der Waals surface area (Å²) in [5.41, 5.74) is 0. The molecule has 0 saturated carbocycles. The molecule has 4 N–H and O–H groups in total. The van der Waals surface area contributed by atoms with Gasteiger partial charge in [-0.15, -0.1) is 0 Å². The molecule has 0 aliphatic carbocycles. The first kappa shape index (κ1) is 55.8. The van der Waals surface area contributed by atoms with E-state index in [4.69, 9.17) is 0 Å². The maximum Gasteiger partial charge on any atom is 0.220 e. The number of aliphatic hydroxyl groups is 3. The fraction of sp³-hybridized carbons (Fsp3) is 0.904. The lowest BCUT2D eigenvalue weighted by Crippen LogP contribution is -2.50. The minimum Gasteiger partial charge on any atom is -0.394 e. The van der Waals surface area contributed by atoms with Crippen molar-refractivity contribution in [2.75, 3.05) is 6.61 Å². The fourth-order valence-corrected chi connectivity index (χ4v) is 8.04. The minimum atomic E-state index is -1.16. The van der Waals surface area contributed by atoms with Gasteiger partial charge < -0.3 is 20.6 Å². The molecule has 0 aromatic heterocycles. The second-order valence-electron chi connectivity index (χ2n) is 17.7. The Labute approximate surface area is 356 Å². The Morgan fingerprint density at radius 3 is 1.02 bits per heavy atom. The van der Waals surface area contributed by atoms with Gasteiger partial charge in [-0.2, -0.15) is 0 Å². The van der Waals surface area contributed by atoms with Crippen LogP contribution in [0.2, 0.25) is 0 Å². The SMILES string of the molecule is CCCCCCCCC/C=C/CCCC(O)C(O)C(CO)NC(=O)CCCCCCCCCCCCCCCCC/C=C\CCCCCCCCCCCCCC. The van der Waals surface area contributed by atoms with Gasteiger partial charge in [-0.3, -0.25) is 4.79 Å². The third kappa shape index (κ3) is 42.8. The van der Waals surface area contributed by atoms with Crippen molar-refractivity contribution in [2.24, 2.45) is 0 Å². The van der Waals surface area contributed by atoms with Crippen LogP contribution < -0.4 is 5.32 Å². The highest BCUT2D eigenvalue weighted by Crippen LogP contribution is 2.16. The lowest BCUT2D eigenvalue weighted by molar-refractivity contribution is -0.124. The average Bonchev–Trinajstić information content (AvgIpc) is 3.22. The van der Waals surface area contributed by atoms with E-state index in [1.807, 2.05) is 0 Å². The highest BCUT2D eigenvalue weighted by atomic mass is 16.3. The van der Waals surface area contributed by atoms with Crippen molar-refractivity contribution in [3.63, 3.8) is 0 Å². The molecule has 3 unspecified atom stereocenters. The second kappa shape index (κ2) is 47.5. The van der Waals surface area contributed by atoms with Crippen LogP contribution in [0.1, 0.15) is 277 Å². The minimum absolute atomic E-state index is 0.152. The van der Waals surface area contributed by atoms with E-state index in [2.05, 4.69) is 43.5 Å². The molecule has 0 aliphatic heterocycles. The van der Waals surface area contributed by atoms with Crippen LogP contribution in [0.15, 0.2) is 24.3 Å². The lowest BCUT2D eigenvalue weighted by atomic mass is 10.0. The van der Waals surface area contributed by atoms with Gasteiger partial charge in [0.2, 0.25) is 5.91 Å². The van der Waals surface area contributed by atoms with Crippen molar-refractivity contribution in [1.82, 2.24) is 5.32 Å². The van der Waals surface area contributed by atoms with E-state index >= 15 is 0 Å². The largest absolute Gasteiger partial charge is 0.394 e. The summed E-state index contributed by atoms with van der Waals surface area (Å²) in [4.78, 5) is 12.4. The van der Waals surface area contributed by atoms with Crippen LogP contribution in [-0.4, -0.2) is 46.1 Å². The lowest BCUT2D eigenvalue weighted by Gasteiger charge is -2.26. The zero-order valence-electron chi connectivity index (χ0n) is 38.5. The molecular weight excluding hydrogens is 703 g/mol. The van der Waals surface area contributed by atoms with E-state index < -0.39 is 18.2 Å². The first-order chi connectivity index (χ1) is 28.1. The number of hydrogen-bond acceptors (Lipinski definition) is 4. The monoisotopic (exact) mass is 804 g/mol. The summed E-state index contributed by atoms with van der Waals surface area (Å²) in [6.07, 6.45) is 59.0. The first-order valence-electron chi connectivity index (χ1n) is 25.6. The molecule has 0 aromatic rings. The van der Waals surface area contributed by atoms with Gasteiger partial charge in [0.15, 0.2) is 0 Å². The molecule has 0 rings (SSSR count). The van der Waals surface area contributed by atoms with E-state index in [1.165, 1.54) is 212 Å². The summed E-state index contributed by atoms with van der Waals surface area (Å²) in [6, 6.07) is -0.823. The van der Waals surface area contributed by atoms with Crippen LogP contribution in [0.25, 0.3) is 0 Å². The van der Waals surface area contributed by atoms with Crippen LogP contribution in [-0.2, 0) is 4.79 Å². The predicted molar refractivity (Wildman–Crippen MR) is 250 cm³/mol. The zero-order valence-corrected chi connectivity index (χ0v) is 38.5. The van der Waals surface area contributed by atoms with Gasteiger partial charge in [0.1, 0.15) is 6.10 Å². The number of amides is 1. The first-order valence-corrected chi connectivity index (χ1v) is 25.6. The molecule has 0 aromatic carbocycles. The van der Waals surface area contributed by atoms with Crippen LogP contribution in [0.5, 0.6) is 0 Å². The van der Waals surface area contributed by atoms with E-state index in [0.29, 0.717) is 12.8 Å². The average molecular weight is 804 g/mol. The number of aliphatic hydroxyl groups excluding tert-OH is 3. The summed E-state index contributed by atoms with van der Waals surface area (Å²) >= 11 is 0. The summed E-state index contributed by atoms with van der Waals surface area (Å²) in [5, 5.41) is 33.5. The van der Waals surface area contributed by atoms with Crippen LogP contribution in [0, 0.1) is 0 Å². The standard InChI is InChI=1S/C52H101NO4/c1-3-5-7-9-11-13-15-17-18-19-20-21-22-23-24-25-26-27-28-29-30-31-32-33-34-35-37-39-41-43-45-47-51(56)53-49(48-54)52(57)50(55)46-44-42-40-38-36-16-14-12-10-8-6-4-2/h23-24,38,40,49-50,52,54-55,57H,3-22,25-37,39,41-48H2,1-2H3,(H,53,56)/b24-23-,40-38+. The second-order valence-corrected chi connectivity index (χ2v) is 17.7. The smallest absolute Gasteiger partial charge is 0.220 e. The van der Waals surface area contributed by atoms with Crippen molar-refractivity contribution < 1.29 is 20.1 Å². The number of carbonyl (C=O) groups is 1. The van der Waals surface area contributed by atoms with Gasteiger partial charge in [0.05, 0.1) is 18.8 Å². The zero-order chi connectivity index (χ0) is 41.5. The summed E-state index contributed by atoms with van der Waals surface area (Å²) in [6.45, 7) is 4.17. The van der Waals surface area contributed by atoms with E-state index in [0.717, 1.165) is 38.5 Å². The number of hydrogen-bond donors (Lipinski definition) is 4. The van der Waals surface area contributed by atoms with Crippen LogP contribution >= 0.6 is 0 Å². The molecule has 0 aliphatic rings. The maximum atomic E-state index is 12.4. The topological polar surface area (TPSA) is 89.8 Å². The van der Waals surface area contributed by atoms with Gasteiger partial charge >= 0.3 is 0 Å². The normalized spacial score (nSPS) is 13.6. The number of nitrogens with one attached hydrogen (secondary N) is 1. The molecule has 5 nitrogen and oxygen atoms in total. The number of rotatable bonds is 47. The highest BCUT2D eigenvalue weighted by Gasteiger charge is 2.26. The van der Waals surface area contributed by atoms with Crippen molar-refractivity contribution >= 4 is 5.91 Å². The number of unbranched alkanes of at least 4 members (excludes halogenated alkanes) is 35. The third-order valence-electron chi connectivity index (χ3n) is 12.0. The van der Waals surface area contributed by atoms with E-state index in [-0.39, 0.29) is 12.5 Å². The van der Waals surface area contributed by atoms with Crippen molar-refractivity contribution in [2.45, 2.75) is 295 Å². The molecule has 5 heteroatoms. The van der Waals surface area contributed by atoms with Crippen LogP contribution in [0.4, 0.5) is 0 Å². The van der Waals surface area contributed by atoms with Crippen molar-refractivity contribution in [3.8, 4) is 0 Å². The molecule has 0 radical (unpaired) electrons. The van der Waals surface area contributed by atoms with E-state index in [9.17, 15) is 20.1 Å². The quantitative estimate of drug-likeness (QED) is 0.0364. The molecule has 1 amide bonds. The van der Waals surface area contributed by atoms with Gasteiger partial charge in [0, 0.05) is 6.42 Å². The molecule has 338 valence electrons. The number of allylic oxidation sites excluding steroid dienone is 4. The molecule has 0 bridgehead atoms. The fourth-order valence-electron chi connectivity index (χ4n) is 8.04. The Balaban J connectivity index is 3.50. The van der Waals surface area contributed by atoms with Crippen LogP contribution in [0.3, 0.4) is 0 Å². The summed E-state index contributed by atoms with van der Waals surface area (Å²) < 4.78 is 0. The van der Waals surface area contributed by atoms with Crippen molar-refractivity contribution in [1.29, 1.82) is 0 Å². The van der Waals surface area contributed by atoms with Gasteiger partial charge in [-0.1, -0.05) is 231 Å². The Bertz CT molecular complexity index is 844. The molecule has 0 heterocycles. The van der Waals surface area contributed by atoms with Gasteiger partial charge in [-0.25, -0.2) is 0 Å². The predicted octanol–water partition coefficient (Wildman–Crippen LogP) is 15.3. The number of carbonyl (C=O) groups excluding carboxylic acids is 1.